The molecule has 1 aliphatic carbocycles. The van der Waals surface area contributed by atoms with Crippen LogP contribution in [-0.4, -0.2) is 30.9 Å². The molecule has 206 valence electrons. The van der Waals surface area contributed by atoms with Crippen LogP contribution in [0.2, 0.25) is 0 Å². The Morgan fingerprint density at radius 1 is 1.11 bits per heavy atom. The fourth-order valence-corrected chi connectivity index (χ4v) is 3.08. The van der Waals surface area contributed by atoms with Crippen LogP contribution in [0.25, 0.3) is 0 Å². The number of amides is 1. The summed E-state index contributed by atoms with van der Waals surface area (Å²) in [5.74, 6) is 1.35. The van der Waals surface area contributed by atoms with Gasteiger partial charge in [0.2, 0.25) is 5.91 Å². The Bertz CT molecular complexity index is 549. The summed E-state index contributed by atoms with van der Waals surface area (Å²) in [7, 11) is 0. The zero-order valence-electron chi connectivity index (χ0n) is 24.8. The average Bonchev–Trinajstić information content (AvgIpc) is 2.79. The SMILES string of the molecule is C=C.C=C/C=C(C)\C=C/C.CC(=O)CNC(=O)COC1CCCC(C)C1.CCC.CCCC(C)C. The Morgan fingerprint density at radius 2 is 1.69 bits per heavy atom. The predicted octanol–water partition coefficient (Wildman–Crippen LogP) is 8.64. The Morgan fingerprint density at radius 3 is 2.06 bits per heavy atom. The maximum absolute atomic E-state index is 11.3. The minimum absolute atomic E-state index is 0.0420. The second-order valence-electron chi connectivity index (χ2n) is 9.22. The van der Waals surface area contributed by atoms with Gasteiger partial charge in [0, 0.05) is 0 Å². The van der Waals surface area contributed by atoms with Gasteiger partial charge in [-0.2, -0.15) is 0 Å². The van der Waals surface area contributed by atoms with E-state index in [0.29, 0.717) is 5.92 Å². The Hall–Kier alpha value is -1.94. The summed E-state index contributed by atoms with van der Waals surface area (Å²) >= 11 is 0. The van der Waals surface area contributed by atoms with E-state index in [9.17, 15) is 9.59 Å². The molecule has 4 heteroatoms. The van der Waals surface area contributed by atoms with E-state index in [1.165, 1.54) is 44.6 Å². The van der Waals surface area contributed by atoms with Crippen molar-refractivity contribution in [1.82, 2.24) is 5.32 Å². The van der Waals surface area contributed by atoms with Crippen molar-refractivity contribution in [3.05, 3.63) is 49.6 Å². The van der Waals surface area contributed by atoms with Gasteiger partial charge in [0.1, 0.15) is 12.4 Å². The maximum atomic E-state index is 11.3. The summed E-state index contributed by atoms with van der Waals surface area (Å²) in [5.41, 5.74) is 1.24. The quantitative estimate of drug-likeness (QED) is 0.258. The molecule has 0 radical (unpaired) electrons. The first-order chi connectivity index (χ1) is 16.6. The first-order valence-corrected chi connectivity index (χ1v) is 13.4. The molecule has 0 aromatic carbocycles. The van der Waals surface area contributed by atoms with Crippen molar-refractivity contribution in [2.45, 2.75) is 113 Å². The molecule has 35 heavy (non-hydrogen) atoms. The van der Waals surface area contributed by atoms with Crippen LogP contribution in [0.3, 0.4) is 0 Å². The Balaban J connectivity index is -0.000000212. The Kier molecular flexibility index (Phi) is 36.9. The molecule has 1 saturated carbocycles. The van der Waals surface area contributed by atoms with Gasteiger partial charge in [-0.25, -0.2) is 0 Å². The van der Waals surface area contributed by atoms with Gasteiger partial charge in [0.25, 0.3) is 0 Å². The van der Waals surface area contributed by atoms with Crippen LogP contribution in [0.5, 0.6) is 0 Å². The van der Waals surface area contributed by atoms with Crippen LogP contribution in [0, 0.1) is 11.8 Å². The molecule has 0 spiro atoms. The van der Waals surface area contributed by atoms with Gasteiger partial charge in [0.05, 0.1) is 12.6 Å². The summed E-state index contributed by atoms with van der Waals surface area (Å²) in [4.78, 5) is 21.9. The molecule has 0 aromatic rings. The molecule has 4 nitrogen and oxygen atoms in total. The standard InChI is InChI=1S/C12H21NO3.C8H12.C6H14.C3H8.C2H4/c1-9-4-3-5-11(6-9)16-8-12(15)13-7-10(2)14;1-4-6-8(3)7-5-2;1-4-5-6(2)3;1-3-2;1-2/h9,11H,3-8H2,1-2H3,(H,13,15);4-7H,1H2,2-3H3;6H,4-5H2,1-3H3;3H2,1-2H3;1-2H2/b;7-5-,8-6-;;;. The zero-order valence-corrected chi connectivity index (χ0v) is 24.8. The van der Waals surface area contributed by atoms with Crippen molar-refractivity contribution in [2.24, 2.45) is 11.8 Å². The first-order valence-electron chi connectivity index (χ1n) is 13.4. The molecular formula is C31H59NO3. The number of hydrogen-bond acceptors (Lipinski definition) is 3. The summed E-state index contributed by atoms with van der Waals surface area (Å²) in [6, 6.07) is 0. The number of Topliss-reactive ketones (excluding diaryl/α,β-unsaturated/α-hetero) is 1. The van der Waals surface area contributed by atoms with E-state index < -0.39 is 0 Å². The minimum atomic E-state index is -0.201. The molecule has 0 heterocycles. The number of carbonyl (C=O) groups is 2. The molecule has 0 aromatic heterocycles. The van der Waals surface area contributed by atoms with Crippen molar-refractivity contribution < 1.29 is 14.3 Å². The van der Waals surface area contributed by atoms with Crippen molar-refractivity contribution in [3.8, 4) is 0 Å². The lowest BCUT2D eigenvalue weighted by Gasteiger charge is -2.26. The number of hydrogen-bond donors (Lipinski definition) is 1. The van der Waals surface area contributed by atoms with E-state index in [1.54, 1.807) is 6.08 Å². The highest BCUT2D eigenvalue weighted by molar-refractivity contribution is 5.84. The van der Waals surface area contributed by atoms with Crippen LogP contribution in [-0.2, 0) is 14.3 Å². The lowest BCUT2D eigenvalue weighted by molar-refractivity contribution is -0.130. The molecule has 1 fully saturated rings. The van der Waals surface area contributed by atoms with Crippen molar-refractivity contribution in [1.29, 1.82) is 0 Å². The Labute approximate surface area is 219 Å². The van der Waals surface area contributed by atoms with Gasteiger partial charge in [-0.15, -0.1) is 13.2 Å². The lowest BCUT2D eigenvalue weighted by Crippen LogP contribution is -2.33. The van der Waals surface area contributed by atoms with Crippen LogP contribution in [0.15, 0.2) is 49.6 Å². The van der Waals surface area contributed by atoms with Crippen molar-refractivity contribution >= 4 is 11.7 Å². The van der Waals surface area contributed by atoms with Crippen LogP contribution in [0.4, 0.5) is 0 Å². The fourth-order valence-electron chi connectivity index (χ4n) is 3.08. The number of allylic oxidation sites excluding steroid dienone is 5. The lowest BCUT2D eigenvalue weighted by atomic mass is 9.89. The van der Waals surface area contributed by atoms with E-state index in [2.05, 4.69) is 66.6 Å². The summed E-state index contributed by atoms with van der Waals surface area (Å²) in [5, 5.41) is 2.52. The molecule has 2 unspecified atom stereocenters. The normalized spacial score (nSPS) is 16.7. The second kappa shape index (κ2) is 32.1. The zero-order chi connectivity index (χ0) is 28.1. The summed E-state index contributed by atoms with van der Waals surface area (Å²) in [6.45, 7) is 28.4. The molecule has 1 aliphatic rings. The number of carbonyl (C=O) groups excluding carboxylic acids is 2. The van der Waals surface area contributed by atoms with Crippen molar-refractivity contribution in [3.63, 3.8) is 0 Å². The van der Waals surface area contributed by atoms with E-state index in [4.69, 9.17) is 4.74 Å². The van der Waals surface area contributed by atoms with Gasteiger partial charge in [0.15, 0.2) is 0 Å². The van der Waals surface area contributed by atoms with Crippen LogP contribution < -0.4 is 5.32 Å². The topological polar surface area (TPSA) is 55.4 Å². The maximum Gasteiger partial charge on any atom is 0.246 e. The number of nitrogens with one attached hydrogen (secondary N) is 1. The smallest absolute Gasteiger partial charge is 0.246 e. The van der Waals surface area contributed by atoms with E-state index in [-0.39, 0.29) is 30.9 Å². The molecule has 2 atom stereocenters. The average molecular weight is 494 g/mol. The molecule has 1 N–H and O–H groups in total. The molecule has 0 bridgehead atoms. The van der Waals surface area contributed by atoms with E-state index in [1.807, 2.05) is 32.1 Å². The first kappa shape index (κ1) is 40.2. The minimum Gasteiger partial charge on any atom is -0.368 e. The largest absolute Gasteiger partial charge is 0.368 e. The van der Waals surface area contributed by atoms with E-state index >= 15 is 0 Å². The molecule has 1 rings (SSSR count). The highest BCUT2D eigenvalue weighted by atomic mass is 16.5. The van der Waals surface area contributed by atoms with Gasteiger partial charge < -0.3 is 10.1 Å². The summed E-state index contributed by atoms with van der Waals surface area (Å²) in [6.07, 6.45) is 16.5. The number of rotatable bonds is 9. The molecular weight excluding hydrogens is 434 g/mol. The third kappa shape index (κ3) is 39.6. The van der Waals surface area contributed by atoms with Crippen LogP contribution >= 0.6 is 0 Å². The second-order valence-corrected chi connectivity index (χ2v) is 9.22. The molecule has 0 aliphatic heterocycles. The molecule has 0 saturated heterocycles. The van der Waals surface area contributed by atoms with Gasteiger partial charge in [-0.1, -0.05) is 110 Å². The number of ether oxygens (including phenoxy) is 1. The molecule has 1 amide bonds. The predicted molar refractivity (Wildman–Crippen MR) is 157 cm³/mol. The van der Waals surface area contributed by atoms with Gasteiger partial charge in [-0.3, -0.25) is 9.59 Å². The fraction of sp³-hybridized carbons (Fsp3) is 0.677. The van der Waals surface area contributed by atoms with Gasteiger partial charge >= 0.3 is 0 Å². The monoisotopic (exact) mass is 493 g/mol. The van der Waals surface area contributed by atoms with E-state index in [0.717, 1.165) is 18.8 Å². The van der Waals surface area contributed by atoms with Crippen molar-refractivity contribution in [2.75, 3.05) is 13.2 Å². The number of ketones is 1. The highest BCUT2D eigenvalue weighted by Gasteiger charge is 2.20. The third-order valence-electron chi connectivity index (χ3n) is 4.55. The highest BCUT2D eigenvalue weighted by Crippen LogP contribution is 2.25. The van der Waals surface area contributed by atoms with Crippen LogP contribution in [0.1, 0.15) is 107 Å². The van der Waals surface area contributed by atoms with Gasteiger partial charge in [-0.05, 0) is 45.4 Å². The summed E-state index contributed by atoms with van der Waals surface area (Å²) < 4.78 is 5.52. The third-order valence-corrected chi connectivity index (χ3v) is 4.55.